The number of rotatable bonds is 2. The van der Waals surface area contributed by atoms with Crippen LogP contribution in [-0.2, 0) is 0 Å². The minimum atomic E-state index is -5.41. The van der Waals surface area contributed by atoms with Crippen molar-refractivity contribution in [2.45, 2.75) is 0 Å². The highest BCUT2D eigenvalue weighted by molar-refractivity contribution is 6.75. The Hall–Kier alpha value is -1.24. The van der Waals surface area contributed by atoms with Gasteiger partial charge < -0.3 is 12.9 Å². The van der Waals surface area contributed by atoms with Gasteiger partial charge in [0.05, 0.1) is 4.92 Å². The van der Waals surface area contributed by atoms with Gasteiger partial charge in [0.15, 0.2) is 0 Å². The van der Waals surface area contributed by atoms with E-state index in [4.69, 9.17) is 11.6 Å². The molecule has 0 aliphatic heterocycles. The van der Waals surface area contributed by atoms with Gasteiger partial charge in [0, 0.05) is 11.1 Å². The van der Waals surface area contributed by atoms with Crippen LogP contribution in [0, 0.1) is 10.1 Å². The lowest BCUT2D eigenvalue weighted by atomic mass is 9.79. The number of hydrogen-bond acceptors (Lipinski definition) is 2. The average Bonchev–Trinajstić information content (AvgIpc) is 2.01. The van der Waals surface area contributed by atoms with Crippen molar-refractivity contribution < 1.29 is 17.9 Å². The third-order valence-corrected chi connectivity index (χ3v) is 1.77. The van der Waals surface area contributed by atoms with Crippen LogP contribution in [0.15, 0.2) is 18.2 Å². The molecule has 14 heavy (non-hydrogen) atoms. The fourth-order valence-electron chi connectivity index (χ4n) is 0.954. The molecule has 0 aliphatic carbocycles. The summed E-state index contributed by atoms with van der Waals surface area (Å²) in [5, 5.41) is 10.1. The first-order valence-electron chi connectivity index (χ1n) is 3.46. The molecule has 8 heteroatoms. The lowest BCUT2D eigenvalue weighted by molar-refractivity contribution is -0.383. The van der Waals surface area contributed by atoms with Crippen molar-refractivity contribution in [2.75, 3.05) is 0 Å². The first kappa shape index (κ1) is 10.8. The molecule has 0 unspecified atom stereocenters. The molecule has 0 amide bonds. The Balaban J connectivity index is 3.38. The molecule has 0 radical (unpaired) electrons. The van der Waals surface area contributed by atoms with E-state index in [1.54, 1.807) is 0 Å². The molecule has 0 bridgehead atoms. The summed E-state index contributed by atoms with van der Waals surface area (Å²) in [4.78, 5) is 9.17. The van der Waals surface area contributed by atoms with E-state index in [1.807, 2.05) is 0 Å². The SMILES string of the molecule is O=[N+]([O-])c1ccc(Cl)cc1[B-](F)(F)F. The minimum absolute atomic E-state index is 0.176. The summed E-state index contributed by atoms with van der Waals surface area (Å²) in [6, 6.07) is 2.34. The van der Waals surface area contributed by atoms with E-state index < -0.39 is 23.1 Å². The largest absolute Gasteiger partial charge is 0.516 e. The normalized spacial score (nSPS) is 11.4. The van der Waals surface area contributed by atoms with Gasteiger partial charge >= 0.3 is 6.98 Å². The van der Waals surface area contributed by atoms with Crippen LogP contribution in [0.5, 0.6) is 0 Å². The van der Waals surface area contributed by atoms with Gasteiger partial charge in [0.1, 0.15) is 0 Å². The van der Waals surface area contributed by atoms with Crippen LogP contribution < -0.4 is 5.46 Å². The number of nitro groups is 1. The maximum absolute atomic E-state index is 12.3. The number of halogens is 4. The van der Waals surface area contributed by atoms with Crippen molar-refractivity contribution in [2.24, 2.45) is 0 Å². The van der Waals surface area contributed by atoms with Gasteiger partial charge in [-0.1, -0.05) is 17.7 Å². The second kappa shape index (κ2) is 3.49. The van der Waals surface area contributed by atoms with E-state index in [2.05, 4.69) is 0 Å². The molecule has 0 aliphatic rings. The van der Waals surface area contributed by atoms with Gasteiger partial charge in [-0.05, 0) is 11.5 Å². The molecule has 0 heterocycles. The van der Waals surface area contributed by atoms with Gasteiger partial charge in [0.2, 0.25) is 5.69 Å². The Bertz CT molecular complexity index is 382. The zero-order valence-electron chi connectivity index (χ0n) is 6.58. The summed E-state index contributed by atoms with van der Waals surface area (Å²) < 4.78 is 36.9. The molecule has 0 saturated heterocycles. The lowest BCUT2D eigenvalue weighted by Gasteiger charge is -2.14. The second-order valence-corrected chi connectivity index (χ2v) is 2.97. The van der Waals surface area contributed by atoms with E-state index in [9.17, 15) is 23.1 Å². The van der Waals surface area contributed by atoms with Crippen LogP contribution in [0.1, 0.15) is 0 Å². The Kier molecular flexibility index (Phi) is 2.70. The highest BCUT2D eigenvalue weighted by atomic mass is 35.5. The summed E-state index contributed by atoms with van der Waals surface area (Å²) in [5.41, 5.74) is -2.25. The minimum Gasteiger partial charge on any atom is -0.445 e. The Labute approximate surface area is 81.7 Å². The zero-order chi connectivity index (χ0) is 10.9. The molecule has 1 aromatic rings. The molecule has 0 atom stereocenters. The molecular formula is C6H3BClF3NO2-. The topological polar surface area (TPSA) is 43.1 Å². The van der Waals surface area contributed by atoms with Crippen molar-refractivity contribution in [3.05, 3.63) is 33.3 Å². The summed E-state index contributed by atoms with van der Waals surface area (Å²) in [6.45, 7) is -5.41. The molecule has 3 nitrogen and oxygen atoms in total. The van der Waals surface area contributed by atoms with E-state index in [0.29, 0.717) is 6.07 Å². The second-order valence-electron chi connectivity index (χ2n) is 2.54. The summed E-state index contributed by atoms with van der Waals surface area (Å²) in [6.07, 6.45) is 0. The predicted molar refractivity (Wildman–Crippen MR) is 46.8 cm³/mol. The molecule has 0 fully saturated rings. The molecule has 0 N–H and O–H groups in total. The summed E-state index contributed by atoms with van der Waals surface area (Å²) in [7, 11) is 0. The number of hydrogen-bond donors (Lipinski definition) is 0. The van der Waals surface area contributed by atoms with Gasteiger partial charge in [-0.25, -0.2) is 0 Å². The van der Waals surface area contributed by atoms with Crippen LogP contribution in [0.4, 0.5) is 18.6 Å². The predicted octanol–water partition coefficient (Wildman–Crippen LogP) is 2.30. The van der Waals surface area contributed by atoms with E-state index >= 15 is 0 Å². The molecular weight excluding hydrogens is 221 g/mol. The monoisotopic (exact) mass is 224 g/mol. The van der Waals surface area contributed by atoms with Crippen molar-refractivity contribution in [3.63, 3.8) is 0 Å². The van der Waals surface area contributed by atoms with Crippen LogP contribution in [0.25, 0.3) is 0 Å². The van der Waals surface area contributed by atoms with Gasteiger partial charge in [-0.2, -0.15) is 0 Å². The molecule has 0 spiro atoms. The third-order valence-electron chi connectivity index (χ3n) is 1.54. The molecule has 0 aromatic heterocycles. The third kappa shape index (κ3) is 2.17. The zero-order valence-corrected chi connectivity index (χ0v) is 7.34. The van der Waals surface area contributed by atoms with Crippen molar-refractivity contribution in [3.8, 4) is 0 Å². The number of benzene rings is 1. The average molecular weight is 224 g/mol. The van der Waals surface area contributed by atoms with E-state index in [-0.39, 0.29) is 5.02 Å². The molecule has 1 aromatic carbocycles. The first-order chi connectivity index (χ1) is 6.32. The molecule has 1 rings (SSSR count). The fraction of sp³-hybridized carbons (Fsp3) is 0. The Morgan fingerprint density at radius 1 is 1.36 bits per heavy atom. The van der Waals surface area contributed by atoms with Crippen molar-refractivity contribution in [1.82, 2.24) is 0 Å². The summed E-state index contributed by atoms with van der Waals surface area (Å²) >= 11 is 5.31. The number of nitro benzene ring substituents is 1. The molecule has 0 saturated carbocycles. The Morgan fingerprint density at radius 2 is 1.93 bits per heavy atom. The quantitative estimate of drug-likeness (QED) is 0.439. The van der Waals surface area contributed by atoms with Crippen LogP contribution in [0.2, 0.25) is 5.02 Å². The van der Waals surface area contributed by atoms with Gasteiger partial charge in [0.25, 0.3) is 0 Å². The van der Waals surface area contributed by atoms with Crippen molar-refractivity contribution in [1.29, 1.82) is 0 Å². The van der Waals surface area contributed by atoms with Crippen LogP contribution in [-0.4, -0.2) is 11.9 Å². The molecule has 76 valence electrons. The highest BCUT2D eigenvalue weighted by Crippen LogP contribution is 2.20. The first-order valence-corrected chi connectivity index (χ1v) is 3.84. The Morgan fingerprint density at radius 3 is 2.36 bits per heavy atom. The van der Waals surface area contributed by atoms with E-state index in [1.165, 1.54) is 0 Å². The highest BCUT2D eigenvalue weighted by Gasteiger charge is 2.33. The van der Waals surface area contributed by atoms with Crippen molar-refractivity contribution >= 4 is 29.7 Å². The van der Waals surface area contributed by atoms with Crippen LogP contribution in [0.3, 0.4) is 0 Å². The van der Waals surface area contributed by atoms with E-state index in [0.717, 1.165) is 12.1 Å². The summed E-state index contributed by atoms with van der Waals surface area (Å²) in [5.74, 6) is 0. The van der Waals surface area contributed by atoms with Crippen LogP contribution >= 0.6 is 11.6 Å². The fourth-order valence-corrected chi connectivity index (χ4v) is 1.13. The maximum atomic E-state index is 12.3. The van der Waals surface area contributed by atoms with Gasteiger partial charge in [-0.15, -0.1) is 0 Å². The maximum Gasteiger partial charge on any atom is 0.516 e. The lowest BCUT2D eigenvalue weighted by Crippen LogP contribution is -2.35. The van der Waals surface area contributed by atoms with Gasteiger partial charge in [-0.3, -0.25) is 10.1 Å². The number of nitrogens with zero attached hydrogens (tertiary/aromatic N) is 1. The smallest absolute Gasteiger partial charge is 0.445 e. The standard InChI is InChI=1S/C6H3BClF3NO2/c8-4-1-2-6(12(13)14)5(3-4)7(9,10)11/h1-3H/q-1.